The van der Waals surface area contributed by atoms with Gasteiger partial charge in [-0.1, -0.05) is 32.0 Å². The van der Waals surface area contributed by atoms with E-state index in [9.17, 15) is 14.7 Å². The Kier molecular flexibility index (Phi) is 2.95. The lowest BCUT2D eigenvalue weighted by Gasteiger charge is -2.14. The van der Waals surface area contributed by atoms with Crippen molar-refractivity contribution in [2.75, 3.05) is 0 Å². The molecule has 0 aliphatic rings. The smallest absolute Gasteiger partial charge is 0.336 e. The molecule has 2 rings (SSSR count). The average molecular weight is 245 g/mol. The Balaban J connectivity index is 3.03. The van der Waals surface area contributed by atoms with Crippen molar-refractivity contribution in [3.63, 3.8) is 0 Å². The van der Waals surface area contributed by atoms with E-state index in [0.717, 1.165) is 5.56 Å². The maximum Gasteiger partial charge on any atom is 0.336 e. The largest absolute Gasteiger partial charge is 0.478 e. The standard InChI is InChI=1S/C14H15NO3/c1-8(2)9-5-4-6-10-11(14(17)18)7-12(16)15(3)13(9)10/h4-8H,1-3H3,(H,17,18). The number of carbonyl (C=O) groups is 1. The van der Waals surface area contributed by atoms with Gasteiger partial charge in [0.25, 0.3) is 5.56 Å². The Morgan fingerprint density at radius 1 is 1.33 bits per heavy atom. The summed E-state index contributed by atoms with van der Waals surface area (Å²) in [6.45, 7) is 4.04. The number of carboxylic acids is 1. The van der Waals surface area contributed by atoms with Crippen LogP contribution in [0.2, 0.25) is 0 Å². The van der Waals surface area contributed by atoms with Crippen molar-refractivity contribution in [3.8, 4) is 0 Å². The fourth-order valence-corrected chi connectivity index (χ4v) is 2.20. The summed E-state index contributed by atoms with van der Waals surface area (Å²) < 4.78 is 1.51. The second-order valence-corrected chi connectivity index (χ2v) is 4.66. The molecule has 2 aromatic rings. The molecule has 18 heavy (non-hydrogen) atoms. The number of fused-ring (bicyclic) bond motifs is 1. The summed E-state index contributed by atoms with van der Waals surface area (Å²) in [6, 6.07) is 6.67. The van der Waals surface area contributed by atoms with E-state index in [-0.39, 0.29) is 17.0 Å². The summed E-state index contributed by atoms with van der Waals surface area (Å²) in [5.41, 5.74) is 1.45. The number of aryl methyl sites for hydroxylation is 1. The molecule has 0 amide bonds. The van der Waals surface area contributed by atoms with Gasteiger partial charge in [0.1, 0.15) is 0 Å². The molecule has 0 aliphatic carbocycles. The van der Waals surface area contributed by atoms with Gasteiger partial charge >= 0.3 is 5.97 Å². The maximum atomic E-state index is 11.8. The Labute approximate surface area is 104 Å². The summed E-state index contributed by atoms with van der Waals surface area (Å²) in [5, 5.41) is 9.79. The van der Waals surface area contributed by atoms with Gasteiger partial charge in [0.05, 0.1) is 11.1 Å². The molecule has 94 valence electrons. The second-order valence-electron chi connectivity index (χ2n) is 4.66. The molecule has 1 heterocycles. The van der Waals surface area contributed by atoms with Crippen molar-refractivity contribution >= 4 is 16.9 Å². The number of carboxylic acid groups (broad SMARTS) is 1. The van der Waals surface area contributed by atoms with Crippen LogP contribution in [0.15, 0.2) is 29.1 Å². The summed E-state index contributed by atoms with van der Waals surface area (Å²) in [5.74, 6) is -0.845. The number of rotatable bonds is 2. The Bertz CT molecular complexity index is 683. The van der Waals surface area contributed by atoms with Gasteiger partial charge in [0, 0.05) is 18.5 Å². The number of pyridine rings is 1. The molecular weight excluding hydrogens is 230 g/mol. The quantitative estimate of drug-likeness (QED) is 0.883. The average Bonchev–Trinajstić information content (AvgIpc) is 2.32. The van der Waals surface area contributed by atoms with Crippen LogP contribution in [-0.2, 0) is 7.05 Å². The minimum absolute atomic E-state index is 0.0654. The predicted octanol–water partition coefficient (Wildman–Crippen LogP) is 2.36. The third kappa shape index (κ3) is 1.79. The van der Waals surface area contributed by atoms with Crippen molar-refractivity contribution < 1.29 is 9.90 Å². The summed E-state index contributed by atoms with van der Waals surface area (Å²) in [7, 11) is 1.67. The van der Waals surface area contributed by atoms with E-state index in [1.54, 1.807) is 13.1 Å². The molecule has 0 saturated carbocycles. The second kappa shape index (κ2) is 4.29. The third-order valence-corrected chi connectivity index (χ3v) is 3.14. The highest BCUT2D eigenvalue weighted by Gasteiger charge is 2.15. The topological polar surface area (TPSA) is 59.3 Å². The Morgan fingerprint density at radius 3 is 2.56 bits per heavy atom. The van der Waals surface area contributed by atoms with Gasteiger partial charge in [0.2, 0.25) is 0 Å². The summed E-state index contributed by atoms with van der Waals surface area (Å²) >= 11 is 0. The SMILES string of the molecule is CC(C)c1cccc2c(C(=O)O)cc(=O)n(C)c12. The number of para-hydroxylation sites is 1. The fraction of sp³-hybridized carbons (Fsp3) is 0.286. The lowest BCUT2D eigenvalue weighted by Crippen LogP contribution is -2.20. The van der Waals surface area contributed by atoms with Crippen LogP contribution >= 0.6 is 0 Å². The monoisotopic (exact) mass is 245 g/mol. The van der Waals surface area contributed by atoms with E-state index in [2.05, 4.69) is 0 Å². The molecule has 1 N–H and O–H groups in total. The predicted molar refractivity (Wildman–Crippen MR) is 70.2 cm³/mol. The van der Waals surface area contributed by atoms with Crippen LogP contribution in [0.5, 0.6) is 0 Å². The van der Waals surface area contributed by atoms with E-state index in [0.29, 0.717) is 10.9 Å². The van der Waals surface area contributed by atoms with Gasteiger partial charge in [-0.2, -0.15) is 0 Å². The number of aromatic nitrogens is 1. The van der Waals surface area contributed by atoms with Crippen molar-refractivity contribution in [2.24, 2.45) is 7.05 Å². The van der Waals surface area contributed by atoms with E-state index in [1.807, 2.05) is 26.0 Å². The first-order valence-corrected chi connectivity index (χ1v) is 5.79. The lowest BCUT2D eigenvalue weighted by molar-refractivity contribution is 0.0699. The fourth-order valence-electron chi connectivity index (χ4n) is 2.20. The summed E-state index contributed by atoms with van der Waals surface area (Å²) in [6.07, 6.45) is 0. The van der Waals surface area contributed by atoms with Gasteiger partial charge < -0.3 is 9.67 Å². The highest BCUT2D eigenvalue weighted by Crippen LogP contribution is 2.26. The zero-order chi connectivity index (χ0) is 13.4. The van der Waals surface area contributed by atoms with Crippen LogP contribution in [0.3, 0.4) is 0 Å². The molecule has 0 saturated heterocycles. The molecule has 0 aliphatic heterocycles. The Hall–Kier alpha value is -2.10. The highest BCUT2D eigenvalue weighted by atomic mass is 16.4. The van der Waals surface area contributed by atoms with E-state index in [4.69, 9.17) is 0 Å². The van der Waals surface area contributed by atoms with Gasteiger partial charge in [0.15, 0.2) is 0 Å². The van der Waals surface area contributed by atoms with Crippen molar-refractivity contribution in [2.45, 2.75) is 19.8 Å². The molecule has 0 unspecified atom stereocenters. The number of hydrogen-bond donors (Lipinski definition) is 1. The van der Waals surface area contributed by atoms with Crippen LogP contribution in [-0.4, -0.2) is 15.6 Å². The number of hydrogen-bond acceptors (Lipinski definition) is 2. The highest BCUT2D eigenvalue weighted by molar-refractivity contribution is 6.03. The molecule has 4 heteroatoms. The van der Waals surface area contributed by atoms with Crippen molar-refractivity contribution in [3.05, 3.63) is 45.7 Å². The first-order chi connectivity index (χ1) is 8.43. The van der Waals surface area contributed by atoms with Crippen LogP contribution in [0, 0.1) is 0 Å². The molecule has 1 aromatic carbocycles. The Morgan fingerprint density at radius 2 is 2.00 bits per heavy atom. The number of nitrogens with zero attached hydrogens (tertiary/aromatic N) is 1. The minimum Gasteiger partial charge on any atom is -0.478 e. The van der Waals surface area contributed by atoms with Crippen LogP contribution in [0.1, 0.15) is 35.7 Å². The zero-order valence-corrected chi connectivity index (χ0v) is 10.6. The van der Waals surface area contributed by atoms with Crippen LogP contribution < -0.4 is 5.56 Å². The normalized spacial score (nSPS) is 11.1. The third-order valence-electron chi connectivity index (χ3n) is 3.14. The minimum atomic E-state index is -1.07. The van der Waals surface area contributed by atoms with Gasteiger partial charge in [-0.3, -0.25) is 4.79 Å². The molecular formula is C14H15NO3. The first kappa shape index (κ1) is 12.4. The first-order valence-electron chi connectivity index (χ1n) is 5.79. The number of aromatic carboxylic acids is 1. The van der Waals surface area contributed by atoms with Crippen LogP contribution in [0.25, 0.3) is 10.9 Å². The molecule has 0 spiro atoms. The number of benzene rings is 1. The van der Waals surface area contributed by atoms with Crippen LogP contribution in [0.4, 0.5) is 0 Å². The van der Waals surface area contributed by atoms with Crippen molar-refractivity contribution in [1.82, 2.24) is 4.57 Å². The summed E-state index contributed by atoms with van der Waals surface area (Å²) in [4.78, 5) is 23.0. The van der Waals surface area contributed by atoms with Gasteiger partial charge in [-0.25, -0.2) is 4.79 Å². The molecule has 0 fully saturated rings. The molecule has 4 nitrogen and oxygen atoms in total. The van der Waals surface area contributed by atoms with Crippen molar-refractivity contribution in [1.29, 1.82) is 0 Å². The lowest BCUT2D eigenvalue weighted by atomic mass is 9.97. The molecule has 0 bridgehead atoms. The van der Waals surface area contributed by atoms with E-state index in [1.165, 1.54) is 10.6 Å². The maximum absolute atomic E-state index is 11.8. The van der Waals surface area contributed by atoms with Gasteiger partial charge in [-0.05, 0) is 11.5 Å². The van der Waals surface area contributed by atoms with Gasteiger partial charge in [-0.15, -0.1) is 0 Å². The van der Waals surface area contributed by atoms with E-state index < -0.39 is 5.97 Å². The zero-order valence-electron chi connectivity index (χ0n) is 10.6. The molecule has 1 aromatic heterocycles. The van der Waals surface area contributed by atoms with E-state index >= 15 is 0 Å². The molecule has 0 atom stereocenters. The molecule has 0 radical (unpaired) electrons.